The first-order chi connectivity index (χ1) is 7.42. The third-order valence-electron chi connectivity index (χ3n) is 2.50. The van der Waals surface area contributed by atoms with Gasteiger partial charge in [-0.05, 0) is 20.8 Å². The largest absolute Gasteiger partial charge is 0.375 e. The fraction of sp³-hybridized carbons (Fsp3) is 0.800. The minimum atomic E-state index is -0.831. The zero-order chi connectivity index (χ0) is 12.3. The highest BCUT2D eigenvalue weighted by molar-refractivity contribution is 6.06. The van der Waals surface area contributed by atoms with Gasteiger partial charge < -0.3 is 15.8 Å². The van der Waals surface area contributed by atoms with Crippen LogP contribution in [0.3, 0.4) is 0 Å². The molecule has 6 nitrogen and oxygen atoms in total. The summed E-state index contributed by atoms with van der Waals surface area (Å²) in [4.78, 5) is 24.6. The van der Waals surface area contributed by atoms with Gasteiger partial charge in [0, 0.05) is 13.2 Å². The Morgan fingerprint density at radius 1 is 1.50 bits per heavy atom. The van der Waals surface area contributed by atoms with Gasteiger partial charge in [-0.2, -0.15) is 0 Å². The van der Waals surface area contributed by atoms with Gasteiger partial charge in [-0.1, -0.05) is 0 Å². The Kier molecular flexibility index (Phi) is 3.88. The molecule has 0 radical (unpaired) electrons. The summed E-state index contributed by atoms with van der Waals surface area (Å²) < 4.78 is 5.32. The number of nitrogens with two attached hydrogens (primary N) is 1. The van der Waals surface area contributed by atoms with E-state index < -0.39 is 5.54 Å². The number of urea groups is 1. The third-order valence-corrected chi connectivity index (χ3v) is 2.50. The average Bonchev–Trinajstić information content (AvgIpc) is 2.39. The monoisotopic (exact) mass is 229 g/mol. The fourth-order valence-electron chi connectivity index (χ4n) is 1.62. The van der Waals surface area contributed by atoms with Crippen LogP contribution in [-0.2, 0) is 9.53 Å². The first-order valence-corrected chi connectivity index (χ1v) is 5.38. The lowest BCUT2D eigenvalue weighted by Crippen LogP contribution is -2.43. The van der Waals surface area contributed by atoms with Crippen LogP contribution in [0, 0.1) is 0 Å². The van der Waals surface area contributed by atoms with E-state index >= 15 is 0 Å². The Hall–Kier alpha value is -1.14. The molecule has 0 bridgehead atoms. The van der Waals surface area contributed by atoms with Crippen molar-refractivity contribution in [2.75, 3.05) is 19.7 Å². The van der Waals surface area contributed by atoms with Crippen molar-refractivity contribution in [1.29, 1.82) is 0 Å². The van der Waals surface area contributed by atoms with E-state index in [1.807, 2.05) is 6.92 Å². The number of ether oxygens (including phenoxy) is 1. The van der Waals surface area contributed by atoms with Gasteiger partial charge >= 0.3 is 6.03 Å². The Morgan fingerprint density at radius 2 is 2.12 bits per heavy atom. The van der Waals surface area contributed by atoms with Gasteiger partial charge in [0.05, 0.1) is 12.6 Å². The first-order valence-electron chi connectivity index (χ1n) is 5.38. The summed E-state index contributed by atoms with van der Waals surface area (Å²) in [5.74, 6) is -0.240. The van der Waals surface area contributed by atoms with Crippen LogP contribution >= 0.6 is 0 Å². The summed E-state index contributed by atoms with van der Waals surface area (Å²) in [5.41, 5.74) is 4.67. The quantitative estimate of drug-likeness (QED) is 0.633. The molecule has 0 aliphatic carbocycles. The molecule has 0 spiro atoms. The van der Waals surface area contributed by atoms with Gasteiger partial charge in [0.15, 0.2) is 0 Å². The lowest BCUT2D eigenvalue weighted by atomic mass is 10.1. The summed E-state index contributed by atoms with van der Waals surface area (Å²) in [6.07, 6.45) is -0.298. The number of nitrogens with one attached hydrogen (secondary N) is 1. The van der Waals surface area contributed by atoms with E-state index in [9.17, 15) is 9.59 Å². The van der Waals surface area contributed by atoms with E-state index in [0.29, 0.717) is 6.61 Å². The molecule has 92 valence electrons. The molecule has 1 aliphatic heterocycles. The number of carbonyl (C=O) groups excluding carboxylic acids is 2. The molecule has 1 unspecified atom stereocenters. The lowest BCUT2D eigenvalue weighted by Gasteiger charge is -2.21. The molecule has 1 heterocycles. The molecule has 1 atom stereocenters. The van der Waals surface area contributed by atoms with Crippen molar-refractivity contribution in [3.63, 3.8) is 0 Å². The van der Waals surface area contributed by atoms with Crippen molar-refractivity contribution in [2.24, 2.45) is 5.73 Å². The van der Waals surface area contributed by atoms with Crippen LogP contribution in [-0.4, -0.2) is 48.2 Å². The summed E-state index contributed by atoms with van der Waals surface area (Å²) in [5, 5.41) is 2.61. The normalized spacial score (nSPS) is 21.1. The van der Waals surface area contributed by atoms with Crippen LogP contribution in [0.25, 0.3) is 0 Å². The smallest absolute Gasteiger partial charge is 0.325 e. The van der Waals surface area contributed by atoms with Crippen molar-refractivity contribution in [1.82, 2.24) is 10.2 Å². The van der Waals surface area contributed by atoms with Crippen LogP contribution in [0.2, 0.25) is 0 Å². The van der Waals surface area contributed by atoms with Crippen molar-refractivity contribution in [3.05, 3.63) is 0 Å². The molecule has 0 aromatic carbocycles. The third kappa shape index (κ3) is 2.51. The number of nitrogens with zero attached hydrogens (tertiary/aromatic N) is 1. The number of carbonyl (C=O) groups is 2. The zero-order valence-corrected chi connectivity index (χ0v) is 9.95. The second-order valence-electron chi connectivity index (χ2n) is 4.28. The van der Waals surface area contributed by atoms with Crippen molar-refractivity contribution < 1.29 is 14.3 Å². The first kappa shape index (κ1) is 12.9. The average molecular weight is 229 g/mol. The second kappa shape index (κ2) is 4.80. The number of amides is 3. The van der Waals surface area contributed by atoms with E-state index in [-0.39, 0.29) is 31.1 Å². The van der Waals surface area contributed by atoms with Crippen molar-refractivity contribution in [2.45, 2.75) is 32.4 Å². The Labute approximate surface area is 95.1 Å². The predicted molar refractivity (Wildman–Crippen MR) is 58.8 cm³/mol. The van der Waals surface area contributed by atoms with Crippen LogP contribution in [0.4, 0.5) is 4.79 Å². The minimum absolute atomic E-state index is 0.207. The minimum Gasteiger partial charge on any atom is -0.375 e. The van der Waals surface area contributed by atoms with Gasteiger partial charge in [0.1, 0.15) is 5.54 Å². The van der Waals surface area contributed by atoms with Gasteiger partial charge in [-0.25, -0.2) is 4.79 Å². The van der Waals surface area contributed by atoms with Crippen molar-refractivity contribution >= 4 is 11.9 Å². The molecule has 1 fully saturated rings. The summed E-state index contributed by atoms with van der Waals surface area (Å²) in [7, 11) is 0. The molecular weight excluding hydrogens is 210 g/mol. The van der Waals surface area contributed by atoms with E-state index in [4.69, 9.17) is 10.5 Å². The van der Waals surface area contributed by atoms with E-state index in [2.05, 4.69) is 5.32 Å². The Morgan fingerprint density at radius 3 is 2.50 bits per heavy atom. The Balaban J connectivity index is 2.67. The van der Waals surface area contributed by atoms with Crippen molar-refractivity contribution in [3.8, 4) is 0 Å². The maximum absolute atomic E-state index is 11.8. The predicted octanol–water partition coefficient (Wildman–Crippen LogP) is -0.319. The number of hydrogen-bond donors (Lipinski definition) is 2. The Bertz CT molecular complexity index is 291. The molecular formula is C10H19N3O3. The molecule has 1 rings (SSSR count). The van der Waals surface area contributed by atoms with Gasteiger partial charge in [0.2, 0.25) is 0 Å². The summed E-state index contributed by atoms with van der Waals surface area (Å²) in [6, 6.07) is -0.381. The molecule has 16 heavy (non-hydrogen) atoms. The molecule has 3 N–H and O–H groups in total. The van der Waals surface area contributed by atoms with Crippen LogP contribution < -0.4 is 11.1 Å². The molecule has 0 aromatic heterocycles. The molecule has 1 saturated heterocycles. The van der Waals surface area contributed by atoms with Crippen LogP contribution in [0.1, 0.15) is 20.8 Å². The van der Waals surface area contributed by atoms with E-state index in [0.717, 1.165) is 4.90 Å². The summed E-state index contributed by atoms with van der Waals surface area (Å²) >= 11 is 0. The number of imide groups is 1. The highest BCUT2D eigenvalue weighted by atomic mass is 16.5. The molecule has 3 amide bonds. The van der Waals surface area contributed by atoms with Gasteiger partial charge in [-0.15, -0.1) is 0 Å². The second-order valence-corrected chi connectivity index (χ2v) is 4.28. The van der Waals surface area contributed by atoms with Crippen LogP contribution in [0.15, 0.2) is 0 Å². The molecule has 1 aliphatic rings. The van der Waals surface area contributed by atoms with Crippen LogP contribution in [0.5, 0.6) is 0 Å². The summed E-state index contributed by atoms with van der Waals surface area (Å²) in [6.45, 7) is 6.19. The maximum Gasteiger partial charge on any atom is 0.325 e. The van der Waals surface area contributed by atoms with E-state index in [1.54, 1.807) is 13.8 Å². The highest BCUT2D eigenvalue weighted by Gasteiger charge is 2.44. The molecule has 0 saturated carbocycles. The zero-order valence-electron chi connectivity index (χ0n) is 9.95. The number of hydrogen-bond acceptors (Lipinski definition) is 4. The molecule has 6 heteroatoms. The highest BCUT2D eigenvalue weighted by Crippen LogP contribution is 2.16. The van der Waals surface area contributed by atoms with Gasteiger partial charge in [0.25, 0.3) is 5.91 Å². The SMILES string of the molecule is CCOC(CN)CN1C(=O)NC(C)(C)C1=O. The van der Waals surface area contributed by atoms with E-state index in [1.165, 1.54) is 0 Å². The fourth-order valence-corrected chi connectivity index (χ4v) is 1.62. The lowest BCUT2D eigenvalue weighted by molar-refractivity contribution is -0.131. The topological polar surface area (TPSA) is 84.7 Å². The van der Waals surface area contributed by atoms with Gasteiger partial charge in [-0.3, -0.25) is 9.69 Å². The maximum atomic E-state index is 11.8. The molecule has 0 aromatic rings. The standard InChI is InChI=1S/C10H19N3O3/c1-4-16-7(5-11)6-13-8(14)10(2,3)12-9(13)15/h7H,4-6,11H2,1-3H3,(H,12,15). The number of rotatable bonds is 5.